The Morgan fingerprint density at radius 2 is 1.92 bits per heavy atom. The van der Waals surface area contributed by atoms with Crippen molar-refractivity contribution in [3.8, 4) is 10.7 Å². The Labute approximate surface area is 149 Å². The number of aryl methyl sites for hydroxylation is 1. The van der Waals surface area contributed by atoms with Crippen molar-refractivity contribution >= 4 is 34.0 Å². The first-order valence-corrected chi connectivity index (χ1v) is 8.85. The van der Waals surface area contributed by atoms with E-state index < -0.39 is 0 Å². The van der Waals surface area contributed by atoms with Gasteiger partial charge in [-0.15, -0.1) is 11.3 Å². The van der Waals surface area contributed by atoms with Crippen molar-refractivity contribution in [2.45, 2.75) is 13.5 Å². The number of aromatic nitrogens is 3. The van der Waals surface area contributed by atoms with E-state index in [2.05, 4.69) is 27.9 Å². The molecule has 1 aromatic carbocycles. The molecule has 0 saturated heterocycles. The zero-order valence-electron chi connectivity index (χ0n) is 13.6. The number of benzene rings is 1. The van der Waals surface area contributed by atoms with Crippen LogP contribution < -0.4 is 5.32 Å². The molecule has 4 aromatic rings. The van der Waals surface area contributed by atoms with Crippen molar-refractivity contribution in [3.05, 3.63) is 65.8 Å². The van der Waals surface area contributed by atoms with E-state index in [0.717, 1.165) is 34.0 Å². The van der Waals surface area contributed by atoms with Crippen LogP contribution >= 0.6 is 11.3 Å². The quantitative estimate of drug-likeness (QED) is 0.593. The summed E-state index contributed by atoms with van der Waals surface area (Å²) in [6.45, 7) is 2.93. The van der Waals surface area contributed by atoms with Crippen molar-refractivity contribution in [2.75, 3.05) is 5.32 Å². The number of hydrogen-bond acceptors (Lipinski definition) is 4. The van der Waals surface area contributed by atoms with Crippen LogP contribution in [0.4, 0.5) is 5.69 Å². The second-order valence-corrected chi connectivity index (χ2v) is 6.61. The lowest BCUT2D eigenvalue weighted by Crippen LogP contribution is -2.09. The highest BCUT2D eigenvalue weighted by Gasteiger charge is 2.16. The molecule has 0 spiro atoms. The minimum absolute atomic E-state index is 0.124. The number of thiophene rings is 1. The number of carbonyl (C=O) groups is 1. The summed E-state index contributed by atoms with van der Waals surface area (Å²) in [5, 5.41) is 2.88. The second kappa shape index (κ2) is 6.49. The molecule has 0 fully saturated rings. The van der Waals surface area contributed by atoms with Crippen molar-refractivity contribution in [3.63, 3.8) is 0 Å². The lowest BCUT2D eigenvalue weighted by Gasteiger charge is -2.04. The summed E-state index contributed by atoms with van der Waals surface area (Å²) in [4.78, 5) is 22.8. The summed E-state index contributed by atoms with van der Waals surface area (Å²) in [5.41, 5.74) is 2.81. The van der Waals surface area contributed by atoms with Crippen molar-refractivity contribution in [2.24, 2.45) is 0 Å². The van der Waals surface area contributed by atoms with Gasteiger partial charge in [0.25, 0.3) is 5.91 Å². The zero-order chi connectivity index (χ0) is 17.2. The van der Waals surface area contributed by atoms with E-state index in [9.17, 15) is 4.79 Å². The largest absolute Gasteiger partial charge is 0.324 e. The number of carbonyl (C=O) groups excluding carboxylic acids is 1. The number of para-hydroxylation sites is 2. The first-order valence-electron chi connectivity index (χ1n) is 8.03. The van der Waals surface area contributed by atoms with Gasteiger partial charge in [-0.05, 0) is 43.3 Å². The smallest absolute Gasteiger partial charge is 0.265 e. The van der Waals surface area contributed by atoms with E-state index in [0.29, 0.717) is 4.88 Å². The third-order valence-electron chi connectivity index (χ3n) is 3.96. The molecular formula is C19H16N4OS. The Morgan fingerprint density at radius 1 is 1.12 bits per heavy atom. The van der Waals surface area contributed by atoms with Crippen molar-refractivity contribution < 1.29 is 4.79 Å². The van der Waals surface area contributed by atoms with Gasteiger partial charge in [0.05, 0.1) is 20.8 Å². The lowest BCUT2D eigenvalue weighted by atomic mass is 10.3. The maximum Gasteiger partial charge on any atom is 0.265 e. The van der Waals surface area contributed by atoms with Gasteiger partial charge < -0.3 is 9.88 Å². The number of fused-ring (bicyclic) bond motifs is 1. The molecule has 3 heterocycles. The number of rotatable bonds is 4. The Kier molecular flexibility index (Phi) is 4.03. The van der Waals surface area contributed by atoms with Crippen LogP contribution in [0.1, 0.15) is 16.6 Å². The van der Waals surface area contributed by atoms with Crippen molar-refractivity contribution in [1.29, 1.82) is 0 Å². The fourth-order valence-electron chi connectivity index (χ4n) is 2.79. The van der Waals surface area contributed by atoms with Crippen LogP contribution in [0.5, 0.6) is 0 Å². The predicted molar refractivity (Wildman–Crippen MR) is 101 cm³/mol. The summed E-state index contributed by atoms with van der Waals surface area (Å²) in [6, 6.07) is 15.4. The number of nitrogens with zero attached hydrogens (tertiary/aromatic N) is 3. The van der Waals surface area contributed by atoms with Crippen molar-refractivity contribution in [1.82, 2.24) is 14.5 Å². The fraction of sp³-hybridized carbons (Fsp3) is 0.105. The van der Waals surface area contributed by atoms with Crippen LogP contribution in [0.2, 0.25) is 0 Å². The highest BCUT2D eigenvalue weighted by molar-refractivity contribution is 7.17. The molecule has 1 amide bonds. The summed E-state index contributed by atoms with van der Waals surface area (Å²) >= 11 is 1.45. The average molecular weight is 348 g/mol. The minimum atomic E-state index is -0.124. The molecule has 0 aliphatic carbocycles. The summed E-state index contributed by atoms with van der Waals surface area (Å²) in [5.74, 6) is 0.776. The van der Waals surface area contributed by atoms with E-state index >= 15 is 0 Å². The lowest BCUT2D eigenvalue weighted by molar-refractivity contribution is 0.103. The number of pyridine rings is 1. The number of anilines is 1. The molecule has 0 saturated carbocycles. The summed E-state index contributed by atoms with van der Waals surface area (Å²) in [6.07, 6.45) is 3.30. The maximum atomic E-state index is 12.4. The highest BCUT2D eigenvalue weighted by Crippen LogP contribution is 2.30. The van der Waals surface area contributed by atoms with Gasteiger partial charge in [0.1, 0.15) is 0 Å². The monoisotopic (exact) mass is 348 g/mol. The Morgan fingerprint density at radius 3 is 2.72 bits per heavy atom. The van der Waals surface area contributed by atoms with E-state index in [1.807, 2.05) is 30.3 Å². The SMILES string of the molecule is CCn1c(-c2ccc(C(=O)Nc3ccncc3)s2)nc2ccccc21. The number of nitrogens with one attached hydrogen (secondary N) is 1. The van der Waals surface area contributed by atoms with Gasteiger partial charge >= 0.3 is 0 Å². The van der Waals surface area contributed by atoms with Gasteiger partial charge in [-0.2, -0.15) is 0 Å². The van der Waals surface area contributed by atoms with E-state index in [-0.39, 0.29) is 5.91 Å². The molecule has 6 heteroatoms. The molecule has 124 valence electrons. The van der Waals surface area contributed by atoms with Gasteiger partial charge in [0.2, 0.25) is 0 Å². The van der Waals surface area contributed by atoms with Gasteiger partial charge in [-0.25, -0.2) is 4.98 Å². The zero-order valence-corrected chi connectivity index (χ0v) is 14.5. The first-order chi connectivity index (χ1) is 12.3. The van der Waals surface area contributed by atoms with Crippen LogP contribution in [0.15, 0.2) is 60.9 Å². The maximum absolute atomic E-state index is 12.4. The van der Waals surface area contributed by atoms with Crippen LogP contribution in [-0.4, -0.2) is 20.4 Å². The molecule has 0 bridgehead atoms. The van der Waals surface area contributed by atoms with Gasteiger partial charge in [0.15, 0.2) is 5.82 Å². The van der Waals surface area contributed by atoms with E-state index in [1.54, 1.807) is 24.5 Å². The number of hydrogen-bond donors (Lipinski definition) is 1. The van der Waals surface area contributed by atoms with E-state index in [4.69, 9.17) is 4.98 Å². The van der Waals surface area contributed by atoms with Crippen LogP contribution in [0, 0.1) is 0 Å². The average Bonchev–Trinajstić information content (AvgIpc) is 3.27. The summed E-state index contributed by atoms with van der Waals surface area (Å²) < 4.78 is 2.17. The topological polar surface area (TPSA) is 59.8 Å². The number of amides is 1. The molecule has 5 nitrogen and oxygen atoms in total. The van der Waals surface area contributed by atoms with Gasteiger partial charge in [0, 0.05) is 24.6 Å². The Balaban J connectivity index is 1.66. The fourth-order valence-corrected chi connectivity index (χ4v) is 3.69. The molecule has 0 radical (unpaired) electrons. The van der Waals surface area contributed by atoms with Crippen LogP contribution in [0.25, 0.3) is 21.7 Å². The normalized spacial score (nSPS) is 10.9. The number of imidazole rings is 1. The molecule has 3 aromatic heterocycles. The standard InChI is InChI=1S/C19H16N4OS/c1-2-23-15-6-4-3-5-14(15)22-18(23)16-7-8-17(25-16)19(24)21-13-9-11-20-12-10-13/h3-12H,2H2,1H3,(H,20,21,24). The summed E-state index contributed by atoms with van der Waals surface area (Å²) in [7, 11) is 0. The van der Waals surface area contributed by atoms with Crippen LogP contribution in [-0.2, 0) is 6.54 Å². The molecule has 25 heavy (non-hydrogen) atoms. The molecule has 4 rings (SSSR count). The second-order valence-electron chi connectivity index (χ2n) is 5.52. The van der Waals surface area contributed by atoms with Crippen LogP contribution in [0.3, 0.4) is 0 Å². The molecular weight excluding hydrogens is 332 g/mol. The Bertz CT molecular complexity index is 1040. The highest BCUT2D eigenvalue weighted by atomic mass is 32.1. The van der Waals surface area contributed by atoms with E-state index in [1.165, 1.54) is 11.3 Å². The van der Waals surface area contributed by atoms with Gasteiger partial charge in [-0.1, -0.05) is 12.1 Å². The molecule has 1 N–H and O–H groups in total. The third kappa shape index (κ3) is 2.92. The van der Waals surface area contributed by atoms with Gasteiger partial charge in [-0.3, -0.25) is 9.78 Å². The molecule has 0 atom stereocenters. The molecule has 0 unspecified atom stereocenters. The molecule has 0 aliphatic heterocycles. The Hall–Kier alpha value is -2.99. The molecule has 0 aliphatic rings. The minimum Gasteiger partial charge on any atom is -0.324 e. The predicted octanol–water partition coefficient (Wildman–Crippen LogP) is 4.43. The third-order valence-corrected chi connectivity index (χ3v) is 5.04. The first kappa shape index (κ1) is 15.5.